The molecule has 2 N–H and O–H groups in total. The quantitative estimate of drug-likeness (QED) is 0.817. The van der Waals surface area contributed by atoms with Crippen LogP contribution >= 0.6 is 11.3 Å². The van der Waals surface area contributed by atoms with Gasteiger partial charge in [0.25, 0.3) is 0 Å². The van der Waals surface area contributed by atoms with Crippen LogP contribution in [0.15, 0.2) is 11.6 Å². The van der Waals surface area contributed by atoms with Gasteiger partial charge < -0.3 is 10.4 Å². The van der Waals surface area contributed by atoms with Crippen molar-refractivity contribution in [3.63, 3.8) is 0 Å². The Balaban J connectivity index is 1.78. The SMILES string of the molecule is O=C(CN1CCCC1CCCO)Nc1nccs1. The highest BCUT2D eigenvalue weighted by atomic mass is 32.1. The Morgan fingerprint density at radius 1 is 1.67 bits per heavy atom. The van der Waals surface area contributed by atoms with Crippen LogP contribution in [-0.2, 0) is 4.79 Å². The molecule has 1 aliphatic rings. The lowest BCUT2D eigenvalue weighted by Gasteiger charge is -2.23. The molecule has 1 atom stereocenters. The first-order chi connectivity index (χ1) is 8.79. The van der Waals surface area contributed by atoms with Gasteiger partial charge in [0.05, 0.1) is 6.54 Å². The highest BCUT2D eigenvalue weighted by Crippen LogP contribution is 2.21. The number of aliphatic hydroxyl groups is 1. The molecule has 5 nitrogen and oxygen atoms in total. The smallest absolute Gasteiger partial charge is 0.240 e. The van der Waals surface area contributed by atoms with Crippen LogP contribution in [0.25, 0.3) is 0 Å². The number of carbonyl (C=O) groups is 1. The summed E-state index contributed by atoms with van der Waals surface area (Å²) in [6.45, 7) is 1.63. The Hall–Kier alpha value is -0.980. The molecule has 1 aromatic rings. The maximum atomic E-state index is 11.9. The number of amides is 1. The van der Waals surface area contributed by atoms with Gasteiger partial charge in [0, 0.05) is 24.2 Å². The van der Waals surface area contributed by atoms with E-state index in [2.05, 4.69) is 15.2 Å². The maximum absolute atomic E-state index is 11.9. The first-order valence-electron chi connectivity index (χ1n) is 6.34. The van der Waals surface area contributed by atoms with Crippen molar-refractivity contribution in [3.05, 3.63) is 11.6 Å². The van der Waals surface area contributed by atoms with Crippen LogP contribution in [-0.4, -0.2) is 46.6 Å². The van der Waals surface area contributed by atoms with E-state index in [1.165, 1.54) is 11.3 Å². The first-order valence-corrected chi connectivity index (χ1v) is 7.22. The topological polar surface area (TPSA) is 65.5 Å². The Kier molecular flexibility index (Phi) is 5.10. The lowest BCUT2D eigenvalue weighted by Crippen LogP contribution is -2.36. The number of carbonyl (C=O) groups excluding carboxylic acids is 1. The third-order valence-corrected chi connectivity index (χ3v) is 3.91. The molecule has 0 spiro atoms. The minimum absolute atomic E-state index is 0.000786. The second kappa shape index (κ2) is 6.82. The highest BCUT2D eigenvalue weighted by Gasteiger charge is 2.25. The van der Waals surface area contributed by atoms with Crippen molar-refractivity contribution < 1.29 is 9.90 Å². The zero-order valence-electron chi connectivity index (χ0n) is 10.3. The third kappa shape index (κ3) is 3.76. The van der Waals surface area contributed by atoms with E-state index in [-0.39, 0.29) is 12.5 Å². The van der Waals surface area contributed by atoms with E-state index in [0.29, 0.717) is 17.7 Å². The van der Waals surface area contributed by atoms with Crippen molar-refractivity contribution in [2.45, 2.75) is 31.7 Å². The molecule has 0 aromatic carbocycles. The van der Waals surface area contributed by atoms with Gasteiger partial charge in [-0.25, -0.2) is 4.98 Å². The van der Waals surface area contributed by atoms with Gasteiger partial charge in [0.1, 0.15) is 0 Å². The largest absolute Gasteiger partial charge is 0.396 e. The summed E-state index contributed by atoms with van der Waals surface area (Å²) in [4.78, 5) is 18.1. The number of nitrogens with one attached hydrogen (secondary N) is 1. The van der Waals surface area contributed by atoms with E-state index in [9.17, 15) is 4.79 Å². The lowest BCUT2D eigenvalue weighted by molar-refractivity contribution is -0.117. The number of hydrogen-bond acceptors (Lipinski definition) is 5. The second-order valence-corrected chi connectivity index (χ2v) is 5.41. The van der Waals surface area contributed by atoms with Crippen molar-refractivity contribution in [2.75, 3.05) is 25.0 Å². The maximum Gasteiger partial charge on any atom is 0.240 e. The number of anilines is 1. The van der Waals surface area contributed by atoms with Crippen molar-refractivity contribution >= 4 is 22.4 Å². The summed E-state index contributed by atoms with van der Waals surface area (Å²) in [7, 11) is 0. The van der Waals surface area contributed by atoms with E-state index in [0.717, 1.165) is 32.2 Å². The van der Waals surface area contributed by atoms with E-state index >= 15 is 0 Å². The second-order valence-electron chi connectivity index (χ2n) is 4.52. The fourth-order valence-electron chi connectivity index (χ4n) is 2.39. The van der Waals surface area contributed by atoms with Gasteiger partial charge in [-0.3, -0.25) is 9.69 Å². The standard InChI is InChI=1S/C12H19N3O2S/c16-7-2-4-10-3-1-6-15(10)9-11(17)14-12-13-5-8-18-12/h5,8,10,16H,1-4,6-7,9H2,(H,13,14,17). The summed E-state index contributed by atoms with van der Waals surface area (Å²) in [6, 6.07) is 0.444. The monoisotopic (exact) mass is 269 g/mol. The number of hydrogen-bond donors (Lipinski definition) is 2. The fraction of sp³-hybridized carbons (Fsp3) is 0.667. The van der Waals surface area contributed by atoms with E-state index in [1.807, 2.05) is 5.38 Å². The summed E-state index contributed by atoms with van der Waals surface area (Å²) in [6.07, 6.45) is 5.74. The molecule has 2 rings (SSSR count). The molecule has 1 aromatic heterocycles. The minimum Gasteiger partial charge on any atom is -0.396 e. The normalized spacial score (nSPS) is 20.2. The van der Waals surface area contributed by atoms with Crippen LogP contribution in [0.2, 0.25) is 0 Å². The number of rotatable bonds is 6. The van der Waals surface area contributed by atoms with Crippen LogP contribution in [0.3, 0.4) is 0 Å². The molecule has 0 aliphatic carbocycles. The van der Waals surface area contributed by atoms with Crippen LogP contribution in [0, 0.1) is 0 Å². The predicted octanol–water partition coefficient (Wildman–Crippen LogP) is 1.32. The number of thiazole rings is 1. The van der Waals surface area contributed by atoms with Gasteiger partial charge in [-0.1, -0.05) is 0 Å². The first kappa shape index (κ1) is 13.5. The summed E-state index contributed by atoms with van der Waals surface area (Å²) in [5, 5.41) is 14.2. The minimum atomic E-state index is 0.000786. The van der Waals surface area contributed by atoms with Gasteiger partial charge in [0.15, 0.2) is 5.13 Å². The van der Waals surface area contributed by atoms with Gasteiger partial charge in [-0.2, -0.15) is 0 Å². The van der Waals surface area contributed by atoms with Crippen LogP contribution in [0.1, 0.15) is 25.7 Å². The molecule has 2 heterocycles. The Morgan fingerprint density at radius 3 is 3.28 bits per heavy atom. The molecule has 6 heteroatoms. The van der Waals surface area contributed by atoms with Gasteiger partial charge >= 0.3 is 0 Å². The Morgan fingerprint density at radius 2 is 2.56 bits per heavy atom. The van der Waals surface area contributed by atoms with Gasteiger partial charge in [-0.05, 0) is 32.2 Å². The van der Waals surface area contributed by atoms with Crippen LogP contribution < -0.4 is 5.32 Å². The Labute approximate surface area is 111 Å². The van der Waals surface area contributed by atoms with Crippen molar-refractivity contribution in [2.24, 2.45) is 0 Å². The van der Waals surface area contributed by atoms with Gasteiger partial charge in [-0.15, -0.1) is 11.3 Å². The number of likely N-dealkylation sites (tertiary alicyclic amines) is 1. The van der Waals surface area contributed by atoms with E-state index < -0.39 is 0 Å². The lowest BCUT2D eigenvalue weighted by atomic mass is 10.1. The molecule has 1 amide bonds. The molecule has 0 radical (unpaired) electrons. The van der Waals surface area contributed by atoms with Crippen molar-refractivity contribution in [3.8, 4) is 0 Å². The zero-order chi connectivity index (χ0) is 12.8. The molecule has 1 aliphatic heterocycles. The molecule has 0 saturated carbocycles. The highest BCUT2D eigenvalue weighted by molar-refractivity contribution is 7.13. The molecular formula is C12H19N3O2S. The number of aromatic nitrogens is 1. The number of aliphatic hydroxyl groups excluding tert-OH is 1. The molecular weight excluding hydrogens is 250 g/mol. The molecule has 1 saturated heterocycles. The van der Waals surface area contributed by atoms with Crippen LogP contribution in [0.4, 0.5) is 5.13 Å². The van der Waals surface area contributed by atoms with E-state index in [4.69, 9.17) is 5.11 Å². The van der Waals surface area contributed by atoms with Crippen molar-refractivity contribution in [1.29, 1.82) is 0 Å². The van der Waals surface area contributed by atoms with Gasteiger partial charge in [0.2, 0.25) is 5.91 Å². The fourth-order valence-corrected chi connectivity index (χ4v) is 2.93. The number of nitrogens with zero attached hydrogens (tertiary/aromatic N) is 2. The summed E-state index contributed by atoms with van der Waals surface area (Å²) >= 11 is 1.43. The third-order valence-electron chi connectivity index (χ3n) is 3.22. The molecule has 1 fully saturated rings. The molecule has 0 bridgehead atoms. The predicted molar refractivity (Wildman–Crippen MR) is 71.7 cm³/mol. The molecule has 18 heavy (non-hydrogen) atoms. The van der Waals surface area contributed by atoms with E-state index in [1.54, 1.807) is 6.20 Å². The Bertz CT molecular complexity index is 369. The summed E-state index contributed by atoms with van der Waals surface area (Å²) < 4.78 is 0. The van der Waals surface area contributed by atoms with Crippen LogP contribution in [0.5, 0.6) is 0 Å². The summed E-state index contributed by atoms with van der Waals surface area (Å²) in [5.74, 6) is 0.000786. The molecule has 100 valence electrons. The summed E-state index contributed by atoms with van der Waals surface area (Å²) in [5.41, 5.74) is 0. The van der Waals surface area contributed by atoms with Crippen molar-refractivity contribution in [1.82, 2.24) is 9.88 Å². The average Bonchev–Trinajstić information content (AvgIpc) is 2.98. The average molecular weight is 269 g/mol. The zero-order valence-corrected chi connectivity index (χ0v) is 11.2. The molecule has 1 unspecified atom stereocenters.